The predicted octanol–water partition coefficient (Wildman–Crippen LogP) is 7.57. The van der Waals surface area contributed by atoms with E-state index in [1.54, 1.807) is 7.11 Å². The number of ether oxygens (including phenoxy) is 1. The zero-order chi connectivity index (χ0) is 31.4. The Bertz CT molecular complexity index is 1780. The molecule has 8 nitrogen and oxygen atoms in total. The van der Waals surface area contributed by atoms with Gasteiger partial charge in [-0.1, -0.05) is 69.3 Å². The minimum Gasteiger partial charge on any atom is -0.495 e. The number of pyridine rings is 2. The monoisotopic (exact) mass is 600 g/mol. The number of anilines is 3. The molecule has 0 spiro atoms. The zero-order valence-electron chi connectivity index (χ0n) is 26.4. The summed E-state index contributed by atoms with van der Waals surface area (Å²) < 4.78 is 5.52. The van der Waals surface area contributed by atoms with Gasteiger partial charge in [-0.25, -0.2) is 9.78 Å². The van der Waals surface area contributed by atoms with Gasteiger partial charge in [0.15, 0.2) is 0 Å². The first-order chi connectivity index (χ1) is 21.8. The van der Waals surface area contributed by atoms with Crippen molar-refractivity contribution >= 4 is 34.0 Å². The Morgan fingerprint density at radius 2 is 1.58 bits per heavy atom. The van der Waals surface area contributed by atoms with Crippen LogP contribution in [0, 0.1) is 0 Å². The van der Waals surface area contributed by atoms with E-state index in [0.29, 0.717) is 11.4 Å². The number of urea groups is 1. The molecular weight excluding hydrogens is 560 g/mol. The summed E-state index contributed by atoms with van der Waals surface area (Å²) in [5, 5.41) is 8.04. The Kier molecular flexibility index (Phi) is 8.67. The summed E-state index contributed by atoms with van der Waals surface area (Å²) >= 11 is 0. The summed E-state index contributed by atoms with van der Waals surface area (Å²) in [5.74, 6) is 1.65. The fraction of sp³-hybridized carbons (Fsp3) is 0.270. The minimum absolute atomic E-state index is 0.0613. The molecule has 1 saturated heterocycles. The van der Waals surface area contributed by atoms with E-state index in [9.17, 15) is 4.79 Å². The predicted molar refractivity (Wildman–Crippen MR) is 183 cm³/mol. The lowest BCUT2D eigenvalue weighted by Gasteiger charge is -2.35. The van der Waals surface area contributed by atoms with Gasteiger partial charge in [0, 0.05) is 56.1 Å². The average molecular weight is 601 g/mol. The van der Waals surface area contributed by atoms with Crippen molar-refractivity contribution in [3.05, 3.63) is 109 Å². The van der Waals surface area contributed by atoms with Gasteiger partial charge >= 0.3 is 6.03 Å². The van der Waals surface area contributed by atoms with Crippen LogP contribution in [0.1, 0.15) is 32.0 Å². The standard InChI is InChI=1S/C37H40N6O2/c1-37(2,3)27-13-17-34(45-4)33(23-27)41-36(44)40-32-16-15-29(30-9-5-6-10-31(30)32)26-12-14-28(39-24-26)25-42-19-21-43(22-20-42)35-11-7-8-18-38-35/h5-18,23-24H,19-22,25H2,1-4H3,(H2,40,41,44). The van der Waals surface area contributed by atoms with Crippen LogP contribution in [0.4, 0.5) is 22.0 Å². The van der Waals surface area contributed by atoms with E-state index < -0.39 is 0 Å². The molecule has 0 bridgehead atoms. The first kappa shape index (κ1) is 30.1. The number of rotatable bonds is 7. The average Bonchev–Trinajstić information content (AvgIpc) is 3.06. The molecule has 1 aliphatic heterocycles. The van der Waals surface area contributed by atoms with Crippen molar-refractivity contribution in [1.29, 1.82) is 0 Å². The van der Waals surface area contributed by atoms with Crippen LogP contribution in [-0.4, -0.2) is 54.2 Å². The molecule has 5 aromatic rings. The van der Waals surface area contributed by atoms with Gasteiger partial charge in [-0.05, 0) is 58.3 Å². The van der Waals surface area contributed by atoms with Crippen LogP contribution in [0.2, 0.25) is 0 Å². The number of hydrogen-bond acceptors (Lipinski definition) is 6. The van der Waals surface area contributed by atoms with Crippen molar-refractivity contribution in [3.63, 3.8) is 0 Å². The van der Waals surface area contributed by atoms with Crippen molar-refractivity contribution in [2.45, 2.75) is 32.7 Å². The molecule has 45 heavy (non-hydrogen) atoms. The summed E-state index contributed by atoms with van der Waals surface area (Å²) in [6.07, 6.45) is 3.80. The Morgan fingerprint density at radius 1 is 0.822 bits per heavy atom. The molecule has 2 aromatic heterocycles. The second kappa shape index (κ2) is 13.0. The maximum absolute atomic E-state index is 13.2. The van der Waals surface area contributed by atoms with E-state index in [4.69, 9.17) is 9.72 Å². The lowest BCUT2D eigenvalue weighted by Crippen LogP contribution is -2.46. The highest BCUT2D eigenvalue weighted by Gasteiger charge is 2.20. The molecule has 0 radical (unpaired) electrons. The van der Waals surface area contributed by atoms with Gasteiger partial charge in [0.1, 0.15) is 11.6 Å². The SMILES string of the molecule is COc1ccc(C(C)(C)C)cc1NC(=O)Nc1ccc(-c2ccc(CN3CCN(c4ccccn4)CC3)nc2)c2ccccc12. The Morgan fingerprint density at radius 3 is 2.27 bits per heavy atom. The zero-order valence-corrected chi connectivity index (χ0v) is 26.4. The first-order valence-corrected chi connectivity index (χ1v) is 15.4. The molecule has 1 aliphatic rings. The number of nitrogens with zero attached hydrogens (tertiary/aromatic N) is 4. The van der Waals surface area contributed by atoms with Crippen LogP contribution in [0.25, 0.3) is 21.9 Å². The van der Waals surface area contributed by atoms with E-state index in [1.807, 2.05) is 73.1 Å². The quantitative estimate of drug-likeness (QED) is 0.201. The van der Waals surface area contributed by atoms with Crippen LogP contribution in [0.3, 0.4) is 0 Å². The summed E-state index contributed by atoms with van der Waals surface area (Å²) in [5.41, 5.74) is 5.56. The summed E-state index contributed by atoms with van der Waals surface area (Å²) in [7, 11) is 1.61. The van der Waals surface area contributed by atoms with Gasteiger partial charge in [-0.3, -0.25) is 9.88 Å². The van der Waals surface area contributed by atoms with Crippen LogP contribution in [-0.2, 0) is 12.0 Å². The molecule has 0 aliphatic carbocycles. The fourth-order valence-electron chi connectivity index (χ4n) is 5.79. The number of nitrogens with one attached hydrogen (secondary N) is 2. The Balaban J connectivity index is 1.14. The second-order valence-electron chi connectivity index (χ2n) is 12.4. The Labute approximate surface area is 265 Å². The smallest absolute Gasteiger partial charge is 0.323 e. The van der Waals surface area contributed by atoms with E-state index in [2.05, 4.69) is 70.5 Å². The highest BCUT2D eigenvalue weighted by molar-refractivity contribution is 6.10. The first-order valence-electron chi connectivity index (χ1n) is 15.4. The molecule has 0 unspecified atom stereocenters. The van der Waals surface area contributed by atoms with Gasteiger partial charge in [-0.15, -0.1) is 0 Å². The third kappa shape index (κ3) is 6.91. The topological polar surface area (TPSA) is 82.6 Å². The number of benzene rings is 3. The number of amides is 2. The molecule has 0 saturated carbocycles. The summed E-state index contributed by atoms with van der Waals surface area (Å²) in [6, 6.07) is 28.0. The number of hydrogen-bond donors (Lipinski definition) is 2. The van der Waals surface area contributed by atoms with E-state index in [0.717, 1.165) is 77.4 Å². The lowest BCUT2D eigenvalue weighted by molar-refractivity contribution is 0.246. The number of carbonyl (C=O) groups excluding carboxylic acids is 1. The van der Waals surface area contributed by atoms with Crippen LogP contribution in [0.15, 0.2) is 97.3 Å². The summed E-state index contributed by atoms with van der Waals surface area (Å²) in [4.78, 5) is 27.3. The maximum atomic E-state index is 13.2. The number of carbonyl (C=O) groups is 1. The number of aromatic nitrogens is 2. The molecule has 2 amide bonds. The van der Waals surface area contributed by atoms with Crippen molar-refractivity contribution in [2.75, 3.05) is 48.8 Å². The molecule has 6 rings (SSSR count). The van der Waals surface area contributed by atoms with Gasteiger partial charge in [0.25, 0.3) is 0 Å². The molecular formula is C37H40N6O2. The van der Waals surface area contributed by atoms with Gasteiger partial charge in [0.2, 0.25) is 0 Å². The number of methoxy groups -OCH3 is 1. The van der Waals surface area contributed by atoms with Gasteiger partial charge in [-0.2, -0.15) is 0 Å². The third-order valence-corrected chi connectivity index (χ3v) is 8.35. The molecule has 1 fully saturated rings. The van der Waals surface area contributed by atoms with Crippen molar-refractivity contribution in [3.8, 4) is 16.9 Å². The Hall–Kier alpha value is -4.95. The largest absolute Gasteiger partial charge is 0.495 e. The van der Waals surface area contributed by atoms with Gasteiger partial charge < -0.3 is 20.3 Å². The van der Waals surface area contributed by atoms with Crippen LogP contribution >= 0.6 is 0 Å². The second-order valence-corrected chi connectivity index (χ2v) is 12.4. The fourth-order valence-corrected chi connectivity index (χ4v) is 5.79. The molecule has 0 atom stereocenters. The molecule has 2 N–H and O–H groups in total. The van der Waals surface area contributed by atoms with Crippen molar-refractivity contribution in [1.82, 2.24) is 14.9 Å². The number of fused-ring (bicyclic) bond motifs is 1. The van der Waals surface area contributed by atoms with Crippen molar-refractivity contribution < 1.29 is 9.53 Å². The lowest BCUT2D eigenvalue weighted by atomic mass is 9.87. The number of piperazine rings is 1. The maximum Gasteiger partial charge on any atom is 0.323 e. The molecule has 230 valence electrons. The van der Waals surface area contributed by atoms with E-state index in [-0.39, 0.29) is 11.4 Å². The third-order valence-electron chi connectivity index (χ3n) is 8.35. The van der Waals surface area contributed by atoms with Crippen LogP contribution < -0.4 is 20.3 Å². The molecule has 3 heterocycles. The normalized spacial score (nSPS) is 13.9. The van der Waals surface area contributed by atoms with E-state index >= 15 is 0 Å². The van der Waals surface area contributed by atoms with Crippen LogP contribution in [0.5, 0.6) is 5.75 Å². The molecule has 3 aromatic carbocycles. The minimum atomic E-state index is -0.329. The van der Waals surface area contributed by atoms with Gasteiger partial charge in [0.05, 0.1) is 24.2 Å². The van der Waals surface area contributed by atoms with E-state index in [1.165, 1.54) is 0 Å². The summed E-state index contributed by atoms with van der Waals surface area (Å²) in [6.45, 7) is 11.1. The highest BCUT2D eigenvalue weighted by Crippen LogP contribution is 2.34. The highest BCUT2D eigenvalue weighted by atomic mass is 16.5. The van der Waals surface area contributed by atoms with Crippen molar-refractivity contribution in [2.24, 2.45) is 0 Å². The molecule has 8 heteroatoms.